The van der Waals surface area contributed by atoms with Crippen molar-refractivity contribution in [2.75, 3.05) is 0 Å². The van der Waals surface area contributed by atoms with Crippen LogP contribution in [0.5, 0.6) is 5.75 Å². The summed E-state index contributed by atoms with van der Waals surface area (Å²) in [4.78, 5) is 4.21. The van der Waals surface area contributed by atoms with Crippen LogP contribution < -0.4 is 0 Å². The number of hydrogen-bond acceptors (Lipinski definition) is 4. The minimum absolute atomic E-state index is 0.0116. The number of halogens is 4. The summed E-state index contributed by atoms with van der Waals surface area (Å²) in [6, 6.07) is 14.9. The molecule has 0 radical (unpaired) electrons. The van der Waals surface area contributed by atoms with Gasteiger partial charge in [0.25, 0.3) is 0 Å². The SMILES string of the molecule is Oc1c(Cl)cc(-n2cnc(C(O)(Cc3ccccc3F)Cc3ccccc3F)n2)cc1Cl. The molecule has 0 spiro atoms. The molecule has 32 heavy (non-hydrogen) atoms. The molecule has 0 saturated heterocycles. The third-order valence-corrected chi connectivity index (χ3v) is 5.63. The zero-order valence-electron chi connectivity index (χ0n) is 16.5. The first-order valence-electron chi connectivity index (χ1n) is 9.56. The van der Waals surface area contributed by atoms with Crippen LogP contribution in [0.25, 0.3) is 5.69 Å². The van der Waals surface area contributed by atoms with Gasteiger partial charge in [0.2, 0.25) is 0 Å². The van der Waals surface area contributed by atoms with Gasteiger partial charge in [0, 0.05) is 12.8 Å². The summed E-state index contributed by atoms with van der Waals surface area (Å²) in [7, 11) is 0. The topological polar surface area (TPSA) is 71.2 Å². The molecule has 0 aliphatic rings. The highest BCUT2D eigenvalue weighted by Crippen LogP contribution is 2.34. The van der Waals surface area contributed by atoms with Gasteiger partial charge in [-0.2, -0.15) is 0 Å². The summed E-state index contributed by atoms with van der Waals surface area (Å²) in [5, 5.41) is 25.7. The Balaban J connectivity index is 1.77. The summed E-state index contributed by atoms with van der Waals surface area (Å²) < 4.78 is 30.0. The molecule has 1 heterocycles. The average molecular weight is 476 g/mol. The lowest BCUT2D eigenvalue weighted by atomic mass is 9.87. The lowest BCUT2D eigenvalue weighted by molar-refractivity contribution is 0.0263. The standard InChI is InChI=1S/C23H17Cl2F2N3O2/c24-17-9-16(10-18(25)21(17)31)30-13-28-22(29-30)23(32,11-14-5-1-3-7-19(14)26)12-15-6-2-4-8-20(15)27/h1-10,13,31-32H,11-12H2. The van der Waals surface area contributed by atoms with E-state index in [1.54, 1.807) is 24.3 Å². The molecule has 4 aromatic rings. The van der Waals surface area contributed by atoms with Gasteiger partial charge in [0.15, 0.2) is 11.6 Å². The van der Waals surface area contributed by atoms with E-state index in [1.807, 2.05) is 0 Å². The molecule has 164 valence electrons. The maximum Gasteiger partial charge on any atom is 0.183 e. The summed E-state index contributed by atoms with van der Waals surface area (Å²) in [5.74, 6) is -1.32. The number of aliphatic hydroxyl groups is 1. The van der Waals surface area contributed by atoms with Gasteiger partial charge in [0.05, 0.1) is 15.7 Å². The summed E-state index contributed by atoms with van der Waals surface area (Å²) in [5.41, 5.74) is -0.965. The molecule has 1 aromatic heterocycles. The number of aromatic nitrogens is 3. The van der Waals surface area contributed by atoms with E-state index in [0.29, 0.717) is 5.69 Å². The summed E-state index contributed by atoms with van der Waals surface area (Å²) in [6.07, 6.45) is 0.951. The Morgan fingerprint density at radius 1 is 0.875 bits per heavy atom. The van der Waals surface area contributed by atoms with Gasteiger partial charge < -0.3 is 10.2 Å². The van der Waals surface area contributed by atoms with Crippen LogP contribution in [0.4, 0.5) is 8.78 Å². The molecule has 0 aliphatic carbocycles. The van der Waals surface area contributed by atoms with Gasteiger partial charge in [-0.25, -0.2) is 18.4 Å². The lowest BCUT2D eigenvalue weighted by Gasteiger charge is -2.26. The second-order valence-electron chi connectivity index (χ2n) is 7.34. The Morgan fingerprint density at radius 2 is 1.38 bits per heavy atom. The van der Waals surface area contributed by atoms with Gasteiger partial charge in [-0.1, -0.05) is 59.6 Å². The fourth-order valence-corrected chi connectivity index (χ4v) is 3.89. The first-order chi connectivity index (χ1) is 15.3. The highest BCUT2D eigenvalue weighted by Gasteiger charge is 2.36. The van der Waals surface area contributed by atoms with Gasteiger partial charge in [-0.15, -0.1) is 5.10 Å². The summed E-state index contributed by atoms with van der Waals surface area (Å²) in [6.45, 7) is 0. The van der Waals surface area contributed by atoms with Gasteiger partial charge in [0.1, 0.15) is 23.6 Å². The number of hydrogen-bond donors (Lipinski definition) is 2. The minimum Gasteiger partial charge on any atom is -0.505 e. The molecule has 0 bridgehead atoms. The predicted molar refractivity (Wildman–Crippen MR) is 117 cm³/mol. The molecule has 4 rings (SSSR count). The second-order valence-corrected chi connectivity index (χ2v) is 8.15. The van der Waals surface area contributed by atoms with Crippen LogP contribution in [-0.2, 0) is 18.4 Å². The maximum atomic E-state index is 14.4. The molecule has 0 aliphatic heterocycles. The Labute approximate surface area is 192 Å². The number of nitrogens with zero attached hydrogens (tertiary/aromatic N) is 3. The number of aromatic hydroxyl groups is 1. The zero-order chi connectivity index (χ0) is 22.9. The molecule has 3 aromatic carbocycles. The molecule has 0 saturated carbocycles. The number of phenols is 1. The first kappa shape index (κ1) is 22.2. The van der Waals surface area contributed by atoms with Crippen LogP contribution in [0.15, 0.2) is 67.0 Å². The Kier molecular flexibility index (Phi) is 6.15. The normalized spacial score (nSPS) is 11.7. The third kappa shape index (κ3) is 4.46. The second kappa shape index (κ2) is 8.86. The van der Waals surface area contributed by atoms with E-state index in [0.717, 1.165) is 0 Å². The van der Waals surface area contributed by atoms with E-state index in [4.69, 9.17) is 23.2 Å². The minimum atomic E-state index is -1.82. The molecular formula is C23H17Cl2F2N3O2. The van der Waals surface area contributed by atoms with Gasteiger partial charge >= 0.3 is 0 Å². The summed E-state index contributed by atoms with van der Waals surface area (Å²) >= 11 is 12.0. The fourth-order valence-electron chi connectivity index (χ4n) is 3.42. The Morgan fingerprint density at radius 3 is 1.88 bits per heavy atom. The molecule has 0 unspecified atom stereocenters. The van der Waals surface area contributed by atoms with Crippen molar-refractivity contribution in [1.29, 1.82) is 0 Å². The lowest BCUT2D eigenvalue weighted by Crippen LogP contribution is -2.33. The molecule has 2 N–H and O–H groups in total. The highest BCUT2D eigenvalue weighted by atomic mass is 35.5. The van der Waals surface area contributed by atoms with Crippen LogP contribution in [0.1, 0.15) is 17.0 Å². The molecule has 0 atom stereocenters. The molecular weight excluding hydrogens is 459 g/mol. The quantitative estimate of drug-likeness (QED) is 0.400. The van der Waals surface area contributed by atoms with Gasteiger partial charge in [-0.05, 0) is 35.4 Å². The number of rotatable bonds is 6. The van der Waals surface area contributed by atoms with Crippen molar-refractivity contribution in [2.45, 2.75) is 18.4 Å². The van der Waals surface area contributed by atoms with E-state index in [1.165, 1.54) is 47.4 Å². The van der Waals surface area contributed by atoms with E-state index >= 15 is 0 Å². The smallest absolute Gasteiger partial charge is 0.183 e. The van der Waals surface area contributed by atoms with Crippen molar-refractivity contribution in [2.24, 2.45) is 0 Å². The maximum absolute atomic E-state index is 14.4. The van der Waals surface area contributed by atoms with Crippen molar-refractivity contribution < 1.29 is 19.0 Å². The predicted octanol–water partition coefficient (Wildman–Crippen LogP) is 5.23. The van der Waals surface area contributed by atoms with Crippen LogP contribution in [0.3, 0.4) is 0 Å². The van der Waals surface area contributed by atoms with E-state index in [2.05, 4.69) is 10.1 Å². The van der Waals surface area contributed by atoms with Crippen molar-refractivity contribution in [1.82, 2.24) is 14.8 Å². The highest BCUT2D eigenvalue weighted by molar-refractivity contribution is 6.37. The Bertz CT molecular complexity index is 1210. The van der Waals surface area contributed by atoms with E-state index in [-0.39, 0.29) is 45.6 Å². The largest absolute Gasteiger partial charge is 0.505 e. The van der Waals surface area contributed by atoms with Crippen molar-refractivity contribution in [3.8, 4) is 11.4 Å². The van der Waals surface area contributed by atoms with Crippen molar-refractivity contribution in [3.05, 3.63) is 106 Å². The van der Waals surface area contributed by atoms with Crippen LogP contribution >= 0.6 is 23.2 Å². The molecule has 0 fully saturated rings. The van der Waals surface area contributed by atoms with Crippen molar-refractivity contribution in [3.63, 3.8) is 0 Å². The van der Waals surface area contributed by atoms with Crippen LogP contribution in [0, 0.1) is 11.6 Å². The van der Waals surface area contributed by atoms with Crippen molar-refractivity contribution >= 4 is 23.2 Å². The molecule has 9 heteroatoms. The van der Waals surface area contributed by atoms with Crippen LogP contribution in [0.2, 0.25) is 10.0 Å². The van der Waals surface area contributed by atoms with E-state index < -0.39 is 17.2 Å². The first-order valence-corrected chi connectivity index (χ1v) is 10.3. The Hall–Kier alpha value is -3.00. The van der Waals surface area contributed by atoms with E-state index in [9.17, 15) is 19.0 Å². The fraction of sp³-hybridized carbons (Fsp3) is 0.130. The van der Waals surface area contributed by atoms with Crippen LogP contribution in [-0.4, -0.2) is 25.0 Å². The molecule has 5 nitrogen and oxygen atoms in total. The average Bonchev–Trinajstić information content (AvgIpc) is 3.26. The monoisotopic (exact) mass is 475 g/mol. The van der Waals surface area contributed by atoms with Gasteiger partial charge in [-0.3, -0.25) is 0 Å². The number of benzene rings is 3. The number of phenolic OH excluding ortho intramolecular Hbond substituents is 1. The third-order valence-electron chi connectivity index (χ3n) is 5.06. The zero-order valence-corrected chi connectivity index (χ0v) is 18.0. The molecule has 0 amide bonds.